The van der Waals surface area contributed by atoms with Crippen LogP contribution in [0.3, 0.4) is 0 Å². The molecule has 0 radical (unpaired) electrons. The van der Waals surface area contributed by atoms with Crippen molar-refractivity contribution in [3.05, 3.63) is 87.6 Å². The van der Waals surface area contributed by atoms with Gasteiger partial charge in [-0.15, -0.1) is 0 Å². The normalized spacial score (nSPS) is 14.5. The molecule has 2 amide bonds. The van der Waals surface area contributed by atoms with Gasteiger partial charge in [0.2, 0.25) is 11.8 Å². The molecule has 1 aliphatic rings. The van der Waals surface area contributed by atoms with Gasteiger partial charge in [-0.1, -0.05) is 47.0 Å². The Kier molecular flexibility index (Phi) is 7.70. The fourth-order valence-electron chi connectivity index (χ4n) is 4.42. The molecule has 0 bridgehead atoms. The number of alkyl halides is 6. The van der Waals surface area contributed by atoms with E-state index in [0.717, 1.165) is 11.3 Å². The molecule has 0 fully saturated rings. The topological polar surface area (TPSA) is 114 Å². The predicted molar refractivity (Wildman–Crippen MR) is 154 cm³/mol. The first-order chi connectivity index (χ1) is 21.3. The molecule has 1 unspecified atom stereocenters. The quantitative estimate of drug-likeness (QED) is 0.170. The van der Waals surface area contributed by atoms with Crippen LogP contribution in [-0.4, -0.2) is 31.3 Å². The van der Waals surface area contributed by atoms with E-state index < -0.39 is 33.9 Å². The van der Waals surface area contributed by atoms with Gasteiger partial charge in [0.15, 0.2) is 10.3 Å². The van der Waals surface area contributed by atoms with Gasteiger partial charge in [0.05, 0.1) is 36.7 Å². The molecule has 3 N–H and O–H groups in total. The molecule has 1 atom stereocenters. The lowest BCUT2D eigenvalue weighted by atomic mass is 9.98. The number of amides is 2. The third-order valence-corrected chi connectivity index (χ3v) is 8.38. The first-order valence-corrected chi connectivity index (χ1v) is 14.5. The lowest BCUT2D eigenvalue weighted by molar-refractivity contribution is -0.135. The molecule has 1 aliphatic heterocycles. The second-order valence-electron chi connectivity index (χ2n) is 9.69. The van der Waals surface area contributed by atoms with Gasteiger partial charge >= 0.3 is 12.4 Å². The Morgan fingerprint density at radius 3 is 2.22 bits per heavy atom. The van der Waals surface area contributed by atoms with E-state index in [4.69, 9.17) is 0 Å². The third kappa shape index (κ3) is 6.76. The number of benzene rings is 1. The van der Waals surface area contributed by atoms with Crippen molar-refractivity contribution < 1.29 is 35.9 Å². The Morgan fingerprint density at radius 2 is 1.58 bits per heavy atom. The van der Waals surface area contributed by atoms with Gasteiger partial charge in [-0.2, -0.15) is 26.3 Å². The number of fused-ring (bicyclic) bond motifs is 2. The zero-order valence-corrected chi connectivity index (χ0v) is 24.0. The minimum atomic E-state index is -4.55. The Hall–Kier alpha value is -4.95. The summed E-state index contributed by atoms with van der Waals surface area (Å²) in [5, 5.41) is 7.81. The number of halogens is 6. The number of hydrogen-bond donors (Lipinski definition) is 3. The molecule has 0 spiro atoms. The van der Waals surface area contributed by atoms with E-state index in [-0.39, 0.29) is 29.3 Å². The molecule has 230 valence electrons. The fourth-order valence-corrected chi connectivity index (χ4v) is 5.82. The van der Waals surface area contributed by atoms with Crippen LogP contribution in [0.2, 0.25) is 0 Å². The van der Waals surface area contributed by atoms with Gasteiger partial charge in [0.1, 0.15) is 21.8 Å². The molecule has 9 nitrogen and oxygen atoms in total. The van der Waals surface area contributed by atoms with Crippen LogP contribution in [0.5, 0.6) is 0 Å². The van der Waals surface area contributed by atoms with Crippen molar-refractivity contribution in [3.63, 3.8) is 0 Å². The molecule has 4 heterocycles. The Morgan fingerprint density at radius 1 is 0.911 bits per heavy atom. The zero-order chi connectivity index (χ0) is 31.9. The molecule has 0 saturated carbocycles. The van der Waals surface area contributed by atoms with E-state index in [0.29, 0.717) is 57.2 Å². The molecular formula is C28H17F6N7O2S2. The summed E-state index contributed by atoms with van der Waals surface area (Å²) in [6, 6.07) is 12.7. The molecule has 6 rings (SSSR count). The third-order valence-electron chi connectivity index (χ3n) is 6.47. The lowest BCUT2D eigenvalue weighted by Gasteiger charge is -2.22. The van der Waals surface area contributed by atoms with E-state index >= 15 is 0 Å². The van der Waals surface area contributed by atoms with Gasteiger partial charge in [-0.25, -0.2) is 15.0 Å². The molecule has 5 aromatic rings. The summed E-state index contributed by atoms with van der Waals surface area (Å²) in [4.78, 5) is 34.6. The maximum Gasteiger partial charge on any atom is 0.427 e. The van der Waals surface area contributed by atoms with Crippen LogP contribution < -0.4 is 16.0 Å². The van der Waals surface area contributed by atoms with Crippen LogP contribution in [0, 0.1) is 12.1 Å². The fraction of sp³-hybridized carbons (Fsp3) is 0.179. The highest BCUT2D eigenvalue weighted by Gasteiger charge is 2.34. The first kappa shape index (κ1) is 30.1. The van der Waals surface area contributed by atoms with E-state index in [1.54, 1.807) is 24.3 Å². The van der Waals surface area contributed by atoms with Gasteiger partial charge in [0.25, 0.3) is 0 Å². The van der Waals surface area contributed by atoms with Crippen molar-refractivity contribution in [2.45, 2.75) is 31.4 Å². The maximum absolute atomic E-state index is 12.8. The van der Waals surface area contributed by atoms with Crippen molar-refractivity contribution in [2.24, 2.45) is 0 Å². The monoisotopic (exact) mass is 661 g/mol. The second kappa shape index (κ2) is 11.5. The van der Waals surface area contributed by atoms with Crippen LogP contribution in [-0.2, 0) is 34.9 Å². The van der Waals surface area contributed by atoms with Crippen LogP contribution in [0.25, 0.3) is 17.1 Å². The van der Waals surface area contributed by atoms with Crippen LogP contribution in [0.15, 0.2) is 49.1 Å². The number of nitrogens with one attached hydrogen (secondary N) is 3. The Balaban J connectivity index is 1.10. The Labute approximate surface area is 257 Å². The first-order valence-electron chi connectivity index (χ1n) is 12.8. The highest BCUT2D eigenvalue weighted by Crippen LogP contribution is 2.36. The number of aromatic nitrogens is 4. The summed E-state index contributed by atoms with van der Waals surface area (Å²) < 4.78 is 78.4. The largest absolute Gasteiger partial charge is 0.427 e. The number of rotatable bonds is 7. The van der Waals surface area contributed by atoms with Crippen molar-refractivity contribution in [2.75, 3.05) is 16.0 Å². The van der Waals surface area contributed by atoms with Gasteiger partial charge in [0, 0.05) is 11.3 Å². The van der Waals surface area contributed by atoms with Gasteiger partial charge in [-0.05, 0) is 35.4 Å². The lowest BCUT2D eigenvalue weighted by Crippen LogP contribution is -2.18. The number of thiazole rings is 2. The Bertz CT molecular complexity index is 1940. The summed E-state index contributed by atoms with van der Waals surface area (Å²) in [5.41, 5.74) is 3.85. The summed E-state index contributed by atoms with van der Waals surface area (Å²) in [7, 11) is 0. The van der Waals surface area contributed by atoms with Crippen molar-refractivity contribution >= 4 is 67.5 Å². The number of carbonyl (C=O) groups is 2. The average Bonchev–Trinajstić information content (AvgIpc) is 3.73. The summed E-state index contributed by atoms with van der Waals surface area (Å²) in [6.45, 7) is -0.228. The molecule has 3 aromatic heterocycles. The predicted octanol–water partition coefficient (Wildman–Crippen LogP) is 6.59. The number of nitrogens with zero attached hydrogens (tertiary/aromatic N) is 4. The summed E-state index contributed by atoms with van der Waals surface area (Å²) in [5.74, 6) is -1.09. The molecule has 45 heavy (non-hydrogen) atoms. The molecule has 2 aromatic carbocycles. The van der Waals surface area contributed by atoms with Gasteiger partial charge in [-0.3, -0.25) is 9.59 Å². The molecular weight excluding hydrogens is 644 g/mol. The van der Waals surface area contributed by atoms with E-state index in [1.807, 2.05) is 12.2 Å². The van der Waals surface area contributed by atoms with E-state index in [1.165, 1.54) is 10.9 Å². The number of hydrogen-bond acceptors (Lipinski definition) is 8. The van der Waals surface area contributed by atoms with Gasteiger partial charge < -0.3 is 20.5 Å². The molecule has 17 heteroatoms. The number of anilines is 3. The van der Waals surface area contributed by atoms with Crippen LogP contribution in [0.4, 0.5) is 42.3 Å². The highest BCUT2D eigenvalue weighted by molar-refractivity contribution is 7.16. The maximum atomic E-state index is 12.8. The van der Waals surface area contributed by atoms with E-state index in [9.17, 15) is 35.9 Å². The summed E-state index contributed by atoms with van der Waals surface area (Å²) in [6.07, 6.45) is -2.70. The van der Waals surface area contributed by atoms with Crippen molar-refractivity contribution in [3.8, 4) is 0 Å². The molecule has 0 saturated heterocycles. The SMILES string of the molecule is O=C(Cc1ccc2c(c1)C=CC(c1c#cc3ncn(CC(=O)Nc4ncc(C(F)(F)F)s4)c3c1)N2)Nc1ncc(C(F)(F)F)s1. The standard InChI is InChI=1S/C28H17F6N7O2S2/c29-27(30,31)21-10-35-25(44-21)39-23(42)8-14-1-4-17-15(7-14)2-5-18(38-17)16-3-6-19-20(9-16)41(13-37-19)12-24(43)40-26-36-11-22(45-26)28(32,33)34/h1-2,4-5,7,9-11,13,18,38H,8,12H2,(H,35,39,42)(H,36,40,43). The summed E-state index contributed by atoms with van der Waals surface area (Å²) >= 11 is 0.679. The highest BCUT2D eigenvalue weighted by atomic mass is 32.1. The average molecular weight is 662 g/mol. The number of carbonyl (C=O) groups excluding carboxylic acids is 2. The second-order valence-corrected chi connectivity index (χ2v) is 11.7. The van der Waals surface area contributed by atoms with Crippen LogP contribution in [0.1, 0.15) is 32.5 Å². The van der Waals surface area contributed by atoms with Crippen LogP contribution >= 0.6 is 22.7 Å². The minimum absolute atomic E-state index is 0.0749. The van der Waals surface area contributed by atoms with Crippen molar-refractivity contribution in [1.29, 1.82) is 0 Å². The molecule has 0 aliphatic carbocycles. The zero-order valence-electron chi connectivity index (χ0n) is 22.4. The minimum Gasteiger partial charge on any atom is -0.374 e. The number of imidazole rings is 1. The van der Waals surface area contributed by atoms with Crippen molar-refractivity contribution in [1.82, 2.24) is 19.5 Å². The van der Waals surface area contributed by atoms with E-state index in [2.05, 4.69) is 43.0 Å². The smallest absolute Gasteiger partial charge is 0.374 e.